The van der Waals surface area contributed by atoms with Gasteiger partial charge in [0.15, 0.2) is 0 Å². The van der Waals surface area contributed by atoms with E-state index in [0.717, 1.165) is 18.0 Å². The lowest BCUT2D eigenvalue weighted by Gasteiger charge is -2.32. The van der Waals surface area contributed by atoms with Gasteiger partial charge < -0.3 is 0 Å². The van der Waals surface area contributed by atoms with E-state index in [1.54, 1.807) is 0 Å². The van der Waals surface area contributed by atoms with Gasteiger partial charge >= 0.3 is 0 Å². The Morgan fingerprint density at radius 1 is 1.13 bits per heavy atom. The Morgan fingerprint density at radius 2 is 1.73 bits per heavy atom. The highest BCUT2D eigenvalue weighted by atomic mass is 15.2. The normalized spacial score (nSPS) is 24.6. The topological polar surface area (TPSA) is 3.24 Å². The fourth-order valence-corrected chi connectivity index (χ4v) is 2.44. The first kappa shape index (κ1) is 11.4. The molecule has 0 aromatic heterocycles. The minimum absolute atomic E-state index is 0.496. The highest BCUT2D eigenvalue weighted by molar-refractivity contribution is 4.93. The number of hydrogen-bond acceptors (Lipinski definition) is 1. The molecule has 2 rings (SSSR count). The Hall–Kier alpha value is -0.0400. The summed E-state index contributed by atoms with van der Waals surface area (Å²) in [7, 11) is 0. The van der Waals surface area contributed by atoms with Crippen molar-refractivity contribution < 1.29 is 0 Å². The van der Waals surface area contributed by atoms with Gasteiger partial charge in [-0.3, -0.25) is 4.90 Å². The summed E-state index contributed by atoms with van der Waals surface area (Å²) in [5.41, 5.74) is 0.496. The predicted octanol–water partition coefficient (Wildman–Crippen LogP) is 3.69. The third-order valence-electron chi connectivity index (χ3n) is 3.96. The third-order valence-corrected chi connectivity index (χ3v) is 3.96. The monoisotopic (exact) mass is 209 g/mol. The van der Waals surface area contributed by atoms with Crippen molar-refractivity contribution in [1.82, 2.24) is 4.90 Å². The van der Waals surface area contributed by atoms with E-state index < -0.39 is 0 Å². The lowest BCUT2D eigenvalue weighted by molar-refractivity contribution is 0.155. The maximum atomic E-state index is 2.81. The van der Waals surface area contributed by atoms with Crippen molar-refractivity contribution in [3.63, 3.8) is 0 Å². The molecule has 1 atom stereocenters. The average Bonchev–Trinajstić information content (AvgIpc) is 2.97. The van der Waals surface area contributed by atoms with E-state index in [9.17, 15) is 0 Å². The smallest absolute Gasteiger partial charge is 0.00993 e. The Kier molecular flexibility index (Phi) is 3.12. The summed E-state index contributed by atoms with van der Waals surface area (Å²) in [6.45, 7) is 10.9. The zero-order valence-corrected chi connectivity index (χ0v) is 10.9. The Balaban J connectivity index is 1.83. The van der Waals surface area contributed by atoms with Crippen molar-refractivity contribution in [1.29, 1.82) is 0 Å². The minimum Gasteiger partial charge on any atom is -0.297 e. The van der Waals surface area contributed by atoms with E-state index >= 15 is 0 Å². The lowest BCUT2D eigenvalue weighted by atomic mass is 9.91. The molecule has 1 nitrogen and oxygen atoms in total. The maximum absolute atomic E-state index is 2.81. The summed E-state index contributed by atoms with van der Waals surface area (Å²) in [6, 6.07) is 1.81. The summed E-state index contributed by atoms with van der Waals surface area (Å²) < 4.78 is 0. The number of nitrogens with zero attached hydrogens (tertiary/aromatic N) is 1. The molecule has 15 heavy (non-hydrogen) atoms. The summed E-state index contributed by atoms with van der Waals surface area (Å²) in [5, 5.41) is 0. The van der Waals surface area contributed by atoms with Crippen molar-refractivity contribution in [2.75, 3.05) is 6.54 Å². The Labute approximate surface area is 95.2 Å². The van der Waals surface area contributed by atoms with Crippen LogP contribution in [0, 0.1) is 11.3 Å². The van der Waals surface area contributed by atoms with Gasteiger partial charge in [0.25, 0.3) is 0 Å². The van der Waals surface area contributed by atoms with Gasteiger partial charge in [-0.1, -0.05) is 20.8 Å². The quantitative estimate of drug-likeness (QED) is 0.667. The van der Waals surface area contributed by atoms with Crippen molar-refractivity contribution in [3.05, 3.63) is 0 Å². The first-order valence-electron chi connectivity index (χ1n) is 6.73. The van der Waals surface area contributed by atoms with Gasteiger partial charge in [-0.25, -0.2) is 0 Å². The molecule has 0 spiro atoms. The first-order valence-corrected chi connectivity index (χ1v) is 6.73. The molecule has 1 heteroatoms. The largest absolute Gasteiger partial charge is 0.297 e. The second-order valence-electron chi connectivity index (χ2n) is 6.86. The minimum atomic E-state index is 0.496. The average molecular weight is 209 g/mol. The molecule has 88 valence electrons. The summed E-state index contributed by atoms with van der Waals surface area (Å²) >= 11 is 0. The molecule has 0 N–H and O–H groups in total. The third kappa shape index (κ3) is 3.48. The summed E-state index contributed by atoms with van der Waals surface area (Å²) in [5.74, 6) is 1.03. The maximum Gasteiger partial charge on any atom is 0.00993 e. The van der Waals surface area contributed by atoms with Gasteiger partial charge in [0.1, 0.15) is 0 Å². The van der Waals surface area contributed by atoms with E-state index in [4.69, 9.17) is 0 Å². The van der Waals surface area contributed by atoms with Gasteiger partial charge in [0, 0.05) is 12.1 Å². The van der Waals surface area contributed by atoms with Crippen LogP contribution in [0.15, 0.2) is 0 Å². The number of hydrogen-bond donors (Lipinski definition) is 0. The van der Waals surface area contributed by atoms with Crippen LogP contribution in [0.4, 0.5) is 0 Å². The van der Waals surface area contributed by atoms with Crippen LogP contribution in [0.2, 0.25) is 0 Å². The highest BCUT2D eigenvalue weighted by Crippen LogP contribution is 2.40. The molecule has 0 aliphatic heterocycles. The molecule has 1 unspecified atom stereocenters. The molecular weight excluding hydrogens is 182 g/mol. The van der Waals surface area contributed by atoms with Crippen LogP contribution >= 0.6 is 0 Å². The van der Waals surface area contributed by atoms with E-state index in [0.29, 0.717) is 5.41 Å². The fourth-order valence-electron chi connectivity index (χ4n) is 2.44. The molecular formula is C14H27N. The molecule has 0 aromatic rings. The molecule has 2 aliphatic rings. The van der Waals surface area contributed by atoms with Crippen LogP contribution < -0.4 is 0 Å². The fraction of sp³-hybridized carbons (Fsp3) is 1.00. The lowest BCUT2D eigenvalue weighted by Crippen LogP contribution is -2.38. The second-order valence-corrected chi connectivity index (χ2v) is 6.86. The standard InChI is InChI=1S/C14H27N/c1-11(12-5-6-12)15(13-7-8-13)10-9-14(2,3)4/h11-13H,5-10H2,1-4H3. The van der Waals surface area contributed by atoms with Crippen LogP contribution in [0.5, 0.6) is 0 Å². The zero-order valence-electron chi connectivity index (χ0n) is 10.9. The van der Waals surface area contributed by atoms with Gasteiger partial charge in [-0.15, -0.1) is 0 Å². The summed E-state index contributed by atoms with van der Waals surface area (Å²) in [4.78, 5) is 2.81. The van der Waals surface area contributed by atoms with Crippen molar-refractivity contribution >= 4 is 0 Å². The van der Waals surface area contributed by atoms with E-state index in [-0.39, 0.29) is 0 Å². The van der Waals surface area contributed by atoms with E-state index in [1.807, 2.05) is 0 Å². The van der Waals surface area contributed by atoms with Crippen LogP contribution in [-0.4, -0.2) is 23.5 Å². The molecule has 0 amide bonds. The van der Waals surface area contributed by atoms with Crippen LogP contribution in [0.25, 0.3) is 0 Å². The van der Waals surface area contributed by atoms with Crippen LogP contribution in [-0.2, 0) is 0 Å². The molecule has 2 aliphatic carbocycles. The van der Waals surface area contributed by atoms with Gasteiger partial charge in [0.2, 0.25) is 0 Å². The van der Waals surface area contributed by atoms with Crippen LogP contribution in [0.1, 0.15) is 59.8 Å². The molecule has 0 saturated heterocycles. The molecule has 0 radical (unpaired) electrons. The molecule has 0 bridgehead atoms. The van der Waals surface area contributed by atoms with Crippen LogP contribution in [0.3, 0.4) is 0 Å². The second kappa shape index (κ2) is 4.08. The SMILES string of the molecule is CC(C1CC1)N(CCC(C)(C)C)C1CC1. The molecule has 0 aromatic carbocycles. The Morgan fingerprint density at radius 3 is 2.13 bits per heavy atom. The summed E-state index contributed by atoms with van der Waals surface area (Å²) in [6.07, 6.45) is 7.24. The van der Waals surface area contributed by atoms with Gasteiger partial charge in [0.05, 0.1) is 0 Å². The van der Waals surface area contributed by atoms with Crippen molar-refractivity contribution in [2.24, 2.45) is 11.3 Å². The molecule has 0 heterocycles. The highest BCUT2D eigenvalue weighted by Gasteiger charge is 2.38. The van der Waals surface area contributed by atoms with Crippen molar-refractivity contribution in [3.8, 4) is 0 Å². The Bertz CT molecular complexity index is 208. The van der Waals surface area contributed by atoms with Gasteiger partial charge in [-0.2, -0.15) is 0 Å². The number of rotatable bonds is 5. The molecule has 2 saturated carbocycles. The van der Waals surface area contributed by atoms with Crippen molar-refractivity contribution in [2.45, 2.75) is 71.9 Å². The van der Waals surface area contributed by atoms with Gasteiger partial charge in [-0.05, 0) is 56.9 Å². The van der Waals surface area contributed by atoms with E-state index in [2.05, 4.69) is 32.6 Å². The molecule has 2 fully saturated rings. The zero-order chi connectivity index (χ0) is 11.1. The van der Waals surface area contributed by atoms with E-state index in [1.165, 1.54) is 38.6 Å². The predicted molar refractivity (Wildman–Crippen MR) is 66.0 cm³/mol. The first-order chi connectivity index (χ1) is 6.97.